The van der Waals surface area contributed by atoms with Gasteiger partial charge in [-0.2, -0.15) is 74.6 Å². The van der Waals surface area contributed by atoms with Gasteiger partial charge in [0.15, 0.2) is 10.1 Å². The van der Waals surface area contributed by atoms with Crippen LogP contribution < -0.4 is 29.6 Å². The van der Waals surface area contributed by atoms with Crippen molar-refractivity contribution in [1.82, 2.24) is 0 Å². The third-order valence-corrected chi connectivity index (χ3v) is 3.70. The van der Waals surface area contributed by atoms with Crippen molar-refractivity contribution in [2.75, 3.05) is 0 Å². The molecule has 0 atom stereocenters. The van der Waals surface area contributed by atoms with Gasteiger partial charge in [0.05, 0.1) is 0 Å². The minimum absolute atomic E-state index is 0. The SMILES string of the molecule is O=S(=O)([O-])C(F)(F)C(F)(F)C(F)(F)C(F)(F)OC(F)(F)C(F)(F)C(F)(F)C(F)(F)F.[Na+]. The average Bonchev–Trinajstić information content (AvgIpc) is 2.42. The molecule has 0 fully saturated rings. The Balaban J connectivity index is 0. The van der Waals surface area contributed by atoms with E-state index >= 15 is 0 Å². The molecule has 0 rings (SSSR count). The van der Waals surface area contributed by atoms with Gasteiger partial charge in [-0.25, -0.2) is 13.2 Å². The van der Waals surface area contributed by atoms with Gasteiger partial charge in [0.25, 0.3) is 0 Å². The van der Waals surface area contributed by atoms with Crippen molar-refractivity contribution in [3.63, 3.8) is 0 Å². The van der Waals surface area contributed by atoms with E-state index in [1.807, 2.05) is 0 Å². The zero-order valence-electron chi connectivity index (χ0n) is 13.5. The monoisotopic (exact) mass is 538 g/mol. The van der Waals surface area contributed by atoms with Gasteiger partial charge in [-0.15, -0.1) is 0 Å². The molecule has 0 aliphatic rings. The topological polar surface area (TPSA) is 66.4 Å². The fraction of sp³-hybridized carbons (Fsp3) is 1.00. The minimum Gasteiger partial charge on any atom is -0.743 e. The number of alkyl halides is 17. The quantitative estimate of drug-likeness (QED) is 0.267. The van der Waals surface area contributed by atoms with E-state index in [0.717, 1.165) is 4.74 Å². The first-order chi connectivity index (χ1) is 12.5. The van der Waals surface area contributed by atoms with Crippen LogP contribution in [-0.4, -0.2) is 60.3 Å². The molecule has 0 heterocycles. The van der Waals surface area contributed by atoms with E-state index in [2.05, 4.69) is 0 Å². The Morgan fingerprint density at radius 3 is 1.00 bits per heavy atom. The van der Waals surface area contributed by atoms with Crippen LogP contribution >= 0.6 is 0 Å². The molecule has 0 bridgehead atoms. The van der Waals surface area contributed by atoms with Crippen LogP contribution in [0.1, 0.15) is 0 Å². The van der Waals surface area contributed by atoms with Gasteiger partial charge in [-0.05, 0) is 0 Å². The number of hydrogen-bond donors (Lipinski definition) is 0. The molecule has 0 aliphatic heterocycles. The van der Waals surface area contributed by atoms with Crippen LogP contribution in [0.5, 0.6) is 0 Å². The molecule has 0 aliphatic carbocycles. The zero-order valence-corrected chi connectivity index (χ0v) is 16.3. The van der Waals surface area contributed by atoms with Crippen LogP contribution in [0, 0.1) is 0 Å². The number of ether oxygens (including phenoxy) is 1. The Morgan fingerprint density at radius 2 is 0.774 bits per heavy atom. The maximum Gasteiger partial charge on any atom is 1.00 e. The van der Waals surface area contributed by atoms with Crippen LogP contribution in [0.2, 0.25) is 0 Å². The van der Waals surface area contributed by atoms with Crippen molar-refractivity contribution >= 4 is 10.1 Å². The summed E-state index contributed by atoms with van der Waals surface area (Å²) >= 11 is 0. The van der Waals surface area contributed by atoms with E-state index in [-0.39, 0.29) is 29.6 Å². The summed E-state index contributed by atoms with van der Waals surface area (Å²) in [4.78, 5) is 0. The van der Waals surface area contributed by atoms with Gasteiger partial charge in [-0.1, -0.05) is 0 Å². The third kappa shape index (κ3) is 4.82. The summed E-state index contributed by atoms with van der Waals surface area (Å²) in [7, 11) is -8.02. The van der Waals surface area contributed by atoms with E-state index in [1.54, 1.807) is 0 Å². The maximum absolute atomic E-state index is 13.0. The predicted molar refractivity (Wildman–Crippen MR) is 51.5 cm³/mol. The molecule has 0 saturated heterocycles. The fourth-order valence-corrected chi connectivity index (χ4v) is 1.61. The van der Waals surface area contributed by atoms with Gasteiger partial charge >= 0.3 is 76.9 Å². The first-order valence-electron chi connectivity index (χ1n) is 5.83. The Kier molecular flexibility index (Phi) is 8.65. The van der Waals surface area contributed by atoms with Crippen molar-refractivity contribution in [2.45, 2.75) is 47.3 Å². The van der Waals surface area contributed by atoms with Crippen molar-refractivity contribution in [3.8, 4) is 0 Å². The molecule has 4 nitrogen and oxygen atoms in total. The maximum atomic E-state index is 13.0. The Labute approximate surface area is 179 Å². The molecule has 31 heavy (non-hydrogen) atoms. The standard InChI is InChI=1S/C8HF17O4S.Na/c9-1(10,5(17,18)19)2(11,12)6(20,21)29-7(22,23)3(13,14)4(15,16)8(24,25)30(26,27)28;/h(H,26,27,28);/q;+1/p-1. The Morgan fingerprint density at radius 1 is 0.516 bits per heavy atom. The molecule has 0 aromatic carbocycles. The van der Waals surface area contributed by atoms with Crippen LogP contribution in [0.3, 0.4) is 0 Å². The van der Waals surface area contributed by atoms with E-state index in [0.29, 0.717) is 0 Å². The Bertz CT molecular complexity index is 757. The van der Waals surface area contributed by atoms with Gasteiger partial charge in [-0.3, -0.25) is 0 Å². The van der Waals surface area contributed by atoms with Gasteiger partial charge in [0.1, 0.15) is 0 Å². The number of hydrogen-bond acceptors (Lipinski definition) is 4. The van der Waals surface area contributed by atoms with Crippen molar-refractivity contribution in [1.29, 1.82) is 0 Å². The van der Waals surface area contributed by atoms with Crippen LogP contribution in [0.25, 0.3) is 0 Å². The fourth-order valence-electron chi connectivity index (χ4n) is 1.17. The summed E-state index contributed by atoms with van der Waals surface area (Å²) in [5.74, 6) is -33.0. The summed E-state index contributed by atoms with van der Waals surface area (Å²) in [6, 6.07) is 0. The summed E-state index contributed by atoms with van der Waals surface area (Å²) in [6.45, 7) is 0. The summed E-state index contributed by atoms with van der Waals surface area (Å²) < 4.78 is 244. The minimum atomic E-state index is -8.39. The van der Waals surface area contributed by atoms with Crippen LogP contribution in [-0.2, 0) is 14.9 Å². The molecule has 0 unspecified atom stereocenters. The van der Waals surface area contributed by atoms with Crippen LogP contribution in [0.4, 0.5) is 74.6 Å². The second-order valence-corrected chi connectivity index (χ2v) is 6.32. The molecule has 0 radical (unpaired) electrons. The van der Waals surface area contributed by atoms with Crippen LogP contribution in [0.15, 0.2) is 0 Å². The van der Waals surface area contributed by atoms with E-state index < -0.39 is 57.5 Å². The third-order valence-electron chi connectivity index (χ3n) is 2.81. The summed E-state index contributed by atoms with van der Waals surface area (Å²) in [5.41, 5.74) is 0. The summed E-state index contributed by atoms with van der Waals surface area (Å²) in [5, 5.41) is -7.79. The van der Waals surface area contributed by atoms with Crippen molar-refractivity contribution in [3.05, 3.63) is 0 Å². The molecular formula is C8F17NaO4S. The molecular weight excluding hydrogens is 538 g/mol. The van der Waals surface area contributed by atoms with Gasteiger partial charge in [0, 0.05) is 0 Å². The van der Waals surface area contributed by atoms with E-state index in [1.165, 1.54) is 0 Å². The number of rotatable bonds is 8. The predicted octanol–water partition coefficient (Wildman–Crippen LogP) is 1.43. The number of halogens is 17. The molecule has 0 saturated carbocycles. The van der Waals surface area contributed by atoms with Crippen molar-refractivity contribution in [2.24, 2.45) is 0 Å². The molecule has 182 valence electrons. The second-order valence-electron chi connectivity index (χ2n) is 4.90. The van der Waals surface area contributed by atoms with Crippen molar-refractivity contribution < 1.29 is 122 Å². The first kappa shape index (κ1) is 32.9. The molecule has 0 spiro atoms. The first-order valence-corrected chi connectivity index (χ1v) is 7.23. The largest absolute Gasteiger partial charge is 1.00 e. The molecule has 0 amide bonds. The molecule has 0 N–H and O–H groups in total. The van der Waals surface area contributed by atoms with E-state index in [4.69, 9.17) is 0 Å². The van der Waals surface area contributed by atoms with E-state index in [9.17, 15) is 87.6 Å². The van der Waals surface area contributed by atoms with Gasteiger partial charge in [0.2, 0.25) is 0 Å². The second kappa shape index (κ2) is 8.17. The zero-order chi connectivity index (χ0) is 25.2. The smallest absolute Gasteiger partial charge is 0.743 e. The molecule has 23 heteroatoms. The normalized spacial score (nSPS) is 16.2. The van der Waals surface area contributed by atoms with Gasteiger partial charge < -0.3 is 4.55 Å². The molecule has 0 aromatic rings. The Hall–Kier alpha value is -0.320. The molecule has 0 aromatic heterocycles. The summed E-state index contributed by atoms with van der Waals surface area (Å²) in [6.07, 6.45) is -24.1. The average molecular weight is 538 g/mol.